The van der Waals surface area contributed by atoms with Crippen molar-refractivity contribution in [2.75, 3.05) is 19.6 Å². The van der Waals surface area contributed by atoms with E-state index in [1.807, 2.05) is 0 Å². The number of nitrogens with two attached hydrogens (primary N) is 1. The van der Waals surface area contributed by atoms with Crippen LogP contribution in [0.1, 0.15) is 23.4 Å². The lowest BCUT2D eigenvalue weighted by molar-refractivity contribution is 0.0882. The van der Waals surface area contributed by atoms with Gasteiger partial charge in [-0.05, 0) is 25.0 Å². The van der Waals surface area contributed by atoms with Crippen LogP contribution in [0.25, 0.3) is 0 Å². The number of hydrogen-bond donors (Lipinski definition) is 1. The zero-order valence-electron chi connectivity index (χ0n) is 8.69. The molecule has 82 valence electrons. The summed E-state index contributed by atoms with van der Waals surface area (Å²) >= 11 is 0. The number of hydrogen-bond acceptors (Lipinski definition) is 4. The van der Waals surface area contributed by atoms with Crippen molar-refractivity contribution in [1.82, 2.24) is 4.90 Å². The second kappa shape index (κ2) is 4.59. The second-order valence-electron chi connectivity index (χ2n) is 4.01. The molecule has 1 aliphatic rings. The summed E-state index contributed by atoms with van der Waals surface area (Å²) in [4.78, 5) is 13.8. The maximum atomic E-state index is 11.7. The van der Waals surface area contributed by atoms with Crippen molar-refractivity contribution in [3.05, 3.63) is 24.2 Å². The third kappa shape index (κ3) is 2.67. The van der Waals surface area contributed by atoms with Crippen LogP contribution in [0.5, 0.6) is 0 Å². The summed E-state index contributed by atoms with van der Waals surface area (Å²) < 4.78 is 5.06. The SMILES string of the molecule is NC1CCN(CC(=O)c2ccco2)CC1. The van der Waals surface area contributed by atoms with E-state index in [1.54, 1.807) is 12.1 Å². The summed E-state index contributed by atoms with van der Waals surface area (Å²) in [5, 5.41) is 0. The number of ketones is 1. The first-order valence-corrected chi connectivity index (χ1v) is 5.30. The molecule has 2 heterocycles. The molecule has 0 spiro atoms. The Bertz CT molecular complexity index is 313. The monoisotopic (exact) mass is 208 g/mol. The van der Waals surface area contributed by atoms with E-state index in [0.717, 1.165) is 25.9 Å². The molecule has 0 unspecified atom stereocenters. The van der Waals surface area contributed by atoms with Crippen LogP contribution in [0.2, 0.25) is 0 Å². The lowest BCUT2D eigenvalue weighted by atomic mass is 10.1. The van der Waals surface area contributed by atoms with E-state index < -0.39 is 0 Å². The number of nitrogens with zero attached hydrogens (tertiary/aromatic N) is 1. The molecule has 4 heteroatoms. The molecule has 1 aliphatic heterocycles. The Balaban J connectivity index is 1.85. The number of piperidine rings is 1. The lowest BCUT2D eigenvalue weighted by Crippen LogP contribution is -2.41. The largest absolute Gasteiger partial charge is 0.461 e. The van der Waals surface area contributed by atoms with Gasteiger partial charge in [-0.15, -0.1) is 0 Å². The summed E-state index contributed by atoms with van der Waals surface area (Å²) in [6.07, 6.45) is 3.48. The Hall–Kier alpha value is -1.13. The highest BCUT2D eigenvalue weighted by Crippen LogP contribution is 2.09. The molecule has 0 amide bonds. The summed E-state index contributed by atoms with van der Waals surface area (Å²) in [6.45, 7) is 2.27. The van der Waals surface area contributed by atoms with Gasteiger partial charge in [-0.25, -0.2) is 0 Å². The Morgan fingerprint density at radius 3 is 2.87 bits per heavy atom. The number of rotatable bonds is 3. The van der Waals surface area contributed by atoms with Crippen molar-refractivity contribution in [2.24, 2.45) is 5.73 Å². The van der Waals surface area contributed by atoms with Gasteiger partial charge in [-0.2, -0.15) is 0 Å². The lowest BCUT2D eigenvalue weighted by Gasteiger charge is -2.29. The van der Waals surface area contributed by atoms with Crippen molar-refractivity contribution >= 4 is 5.78 Å². The number of Topliss-reactive ketones (excluding diaryl/α,β-unsaturated/α-hetero) is 1. The van der Waals surface area contributed by atoms with Crippen LogP contribution in [0.15, 0.2) is 22.8 Å². The third-order valence-corrected chi connectivity index (χ3v) is 2.80. The zero-order valence-corrected chi connectivity index (χ0v) is 8.69. The standard InChI is InChI=1S/C11H16N2O2/c12-9-3-5-13(6-4-9)8-10(14)11-2-1-7-15-11/h1-2,7,9H,3-6,8,12H2. The van der Waals surface area contributed by atoms with E-state index in [-0.39, 0.29) is 5.78 Å². The maximum Gasteiger partial charge on any atom is 0.211 e. The van der Waals surface area contributed by atoms with Gasteiger partial charge in [0.05, 0.1) is 12.8 Å². The molecule has 1 aromatic rings. The van der Waals surface area contributed by atoms with Crippen LogP contribution in [-0.2, 0) is 0 Å². The molecule has 0 radical (unpaired) electrons. The zero-order chi connectivity index (χ0) is 10.7. The molecule has 0 bridgehead atoms. The van der Waals surface area contributed by atoms with Crippen molar-refractivity contribution in [3.63, 3.8) is 0 Å². The second-order valence-corrected chi connectivity index (χ2v) is 4.01. The van der Waals surface area contributed by atoms with Crippen LogP contribution in [0, 0.1) is 0 Å². The molecule has 0 aliphatic carbocycles. The van der Waals surface area contributed by atoms with Crippen molar-refractivity contribution in [1.29, 1.82) is 0 Å². The molecule has 1 saturated heterocycles. The fourth-order valence-electron chi connectivity index (χ4n) is 1.83. The van der Waals surface area contributed by atoms with Crippen LogP contribution in [0.3, 0.4) is 0 Å². The first kappa shape index (κ1) is 10.4. The molecule has 0 aromatic carbocycles. The highest BCUT2D eigenvalue weighted by Gasteiger charge is 2.19. The topological polar surface area (TPSA) is 59.5 Å². The smallest absolute Gasteiger partial charge is 0.211 e. The fraction of sp³-hybridized carbons (Fsp3) is 0.545. The molecule has 4 nitrogen and oxygen atoms in total. The van der Waals surface area contributed by atoms with Gasteiger partial charge < -0.3 is 10.2 Å². The van der Waals surface area contributed by atoms with Gasteiger partial charge in [0.15, 0.2) is 5.76 Å². The predicted octanol–water partition coefficient (Wildman–Crippen LogP) is 0.885. The molecule has 1 fully saturated rings. The molecular weight excluding hydrogens is 192 g/mol. The van der Waals surface area contributed by atoms with Crippen molar-refractivity contribution in [2.45, 2.75) is 18.9 Å². The van der Waals surface area contributed by atoms with E-state index in [9.17, 15) is 4.79 Å². The molecule has 2 N–H and O–H groups in total. The normalized spacial score (nSPS) is 19.3. The average Bonchev–Trinajstić information content (AvgIpc) is 2.74. The van der Waals surface area contributed by atoms with E-state index in [1.165, 1.54) is 6.26 Å². The van der Waals surface area contributed by atoms with Crippen LogP contribution >= 0.6 is 0 Å². The van der Waals surface area contributed by atoms with Crippen molar-refractivity contribution in [3.8, 4) is 0 Å². The van der Waals surface area contributed by atoms with E-state index in [4.69, 9.17) is 10.2 Å². The molecule has 2 rings (SSSR count). The number of likely N-dealkylation sites (tertiary alicyclic amines) is 1. The minimum Gasteiger partial charge on any atom is -0.461 e. The van der Waals surface area contributed by atoms with Crippen LogP contribution in [-0.4, -0.2) is 36.4 Å². The highest BCUT2D eigenvalue weighted by molar-refractivity contribution is 5.94. The average molecular weight is 208 g/mol. The maximum absolute atomic E-state index is 11.7. The Kier molecular flexibility index (Phi) is 3.18. The Morgan fingerprint density at radius 2 is 2.27 bits per heavy atom. The minimum absolute atomic E-state index is 0.0514. The number of furan rings is 1. The van der Waals surface area contributed by atoms with Gasteiger partial charge in [0.2, 0.25) is 5.78 Å². The predicted molar refractivity (Wildman–Crippen MR) is 56.7 cm³/mol. The van der Waals surface area contributed by atoms with E-state index in [0.29, 0.717) is 18.3 Å². The molecular formula is C11H16N2O2. The summed E-state index contributed by atoms with van der Waals surface area (Å²) in [6, 6.07) is 3.75. The molecule has 0 atom stereocenters. The highest BCUT2D eigenvalue weighted by atomic mass is 16.3. The molecule has 15 heavy (non-hydrogen) atoms. The van der Waals surface area contributed by atoms with Gasteiger partial charge in [-0.1, -0.05) is 0 Å². The number of carbonyl (C=O) groups excluding carboxylic acids is 1. The molecule has 1 aromatic heterocycles. The van der Waals surface area contributed by atoms with Crippen molar-refractivity contribution < 1.29 is 9.21 Å². The van der Waals surface area contributed by atoms with Gasteiger partial charge in [0.25, 0.3) is 0 Å². The quantitative estimate of drug-likeness (QED) is 0.749. The first-order valence-electron chi connectivity index (χ1n) is 5.30. The van der Waals surface area contributed by atoms with Gasteiger partial charge >= 0.3 is 0 Å². The minimum atomic E-state index is 0.0514. The summed E-state index contributed by atoms with van der Waals surface area (Å²) in [7, 11) is 0. The summed E-state index contributed by atoms with van der Waals surface area (Å²) in [5.74, 6) is 0.500. The van der Waals surface area contributed by atoms with Gasteiger partial charge in [0.1, 0.15) is 0 Å². The Morgan fingerprint density at radius 1 is 1.53 bits per heavy atom. The van der Waals surface area contributed by atoms with Crippen LogP contribution in [0.4, 0.5) is 0 Å². The molecule has 0 saturated carbocycles. The van der Waals surface area contributed by atoms with E-state index >= 15 is 0 Å². The third-order valence-electron chi connectivity index (χ3n) is 2.80. The summed E-state index contributed by atoms with van der Waals surface area (Å²) in [5.41, 5.74) is 5.79. The number of carbonyl (C=O) groups is 1. The fourth-order valence-corrected chi connectivity index (χ4v) is 1.83. The van der Waals surface area contributed by atoms with E-state index in [2.05, 4.69) is 4.90 Å². The first-order chi connectivity index (χ1) is 7.25. The van der Waals surface area contributed by atoms with Crippen LogP contribution < -0.4 is 5.73 Å². The van der Waals surface area contributed by atoms with Gasteiger partial charge in [0, 0.05) is 19.1 Å². The van der Waals surface area contributed by atoms with Gasteiger partial charge in [-0.3, -0.25) is 9.69 Å². The Labute approximate surface area is 89.0 Å².